The Morgan fingerprint density at radius 2 is 2.28 bits per heavy atom. The topological polar surface area (TPSA) is 62.7 Å². The normalized spacial score (nSPS) is 12.1. The van der Waals surface area contributed by atoms with E-state index in [0.717, 1.165) is 5.56 Å². The van der Waals surface area contributed by atoms with Crippen LogP contribution in [0.15, 0.2) is 28.8 Å². The lowest BCUT2D eigenvalue weighted by Gasteiger charge is -1.98. The standard InChI is InChI=1S/C14H15N3O/c1-10-4-3-5-12(6-10)8-13-16-14(18-17-13)7-11(2)9-15/h3-6,11H,7-8H2,1-2H3. The summed E-state index contributed by atoms with van der Waals surface area (Å²) >= 11 is 0. The zero-order valence-electron chi connectivity index (χ0n) is 10.6. The molecule has 2 aromatic rings. The number of hydrogen-bond donors (Lipinski definition) is 0. The van der Waals surface area contributed by atoms with Crippen molar-refractivity contribution in [3.63, 3.8) is 0 Å². The highest BCUT2D eigenvalue weighted by Gasteiger charge is 2.10. The molecule has 2 rings (SSSR count). The Morgan fingerprint density at radius 3 is 3.00 bits per heavy atom. The van der Waals surface area contributed by atoms with E-state index in [4.69, 9.17) is 9.78 Å². The molecule has 0 N–H and O–H groups in total. The first-order chi connectivity index (χ1) is 8.67. The lowest BCUT2D eigenvalue weighted by Crippen LogP contribution is -1.97. The van der Waals surface area contributed by atoms with Crippen molar-refractivity contribution in [1.82, 2.24) is 10.1 Å². The van der Waals surface area contributed by atoms with Crippen LogP contribution in [0.25, 0.3) is 0 Å². The van der Waals surface area contributed by atoms with Crippen molar-refractivity contribution in [2.24, 2.45) is 5.92 Å². The molecule has 0 fully saturated rings. The van der Waals surface area contributed by atoms with Gasteiger partial charge >= 0.3 is 0 Å². The van der Waals surface area contributed by atoms with Crippen LogP contribution >= 0.6 is 0 Å². The van der Waals surface area contributed by atoms with E-state index in [1.165, 1.54) is 5.56 Å². The van der Waals surface area contributed by atoms with Crippen molar-refractivity contribution >= 4 is 0 Å². The number of aromatic nitrogens is 2. The maximum absolute atomic E-state index is 8.73. The average molecular weight is 241 g/mol. The van der Waals surface area contributed by atoms with Crippen molar-refractivity contribution in [3.8, 4) is 6.07 Å². The molecule has 0 aliphatic carbocycles. The van der Waals surface area contributed by atoms with Crippen molar-refractivity contribution in [2.75, 3.05) is 0 Å². The Morgan fingerprint density at radius 1 is 1.44 bits per heavy atom. The molecule has 1 atom stereocenters. The molecule has 4 heteroatoms. The molecule has 1 unspecified atom stereocenters. The van der Waals surface area contributed by atoms with Gasteiger partial charge in [0.1, 0.15) is 0 Å². The summed E-state index contributed by atoms with van der Waals surface area (Å²) in [5.74, 6) is 1.10. The first-order valence-corrected chi connectivity index (χ1v) is 5.94. The van der Waals surface area contributed by atoms with Gasteiger partial charge in [-0.1, -0.05) is 35.0 Å². The third-order valence-electron chi connectivity index (χ3n) is 2.66. The molecular formula is C14H15N3O. The van der Waals surface area contributed by atoms with Crippen LogP contribution in [0.5, 0.6) is 0 Å². The van der Waals surface area contributed by atoms with Gasteiger partial charge in [-0.15, -0.1) is 0 Å². The minimum Gasteiger partial charge on any atom is -0.339 e. The summed E-state index contributed by atoms with van der Waals surface area (Å²) in [6, 6.07) is 10.4. The number of rotatable bonds is 4. The largest absolute Gasteiger partial charge is 0.339 e. The molecule has 0 radical (unpaired) electrons. The highest BCUT2D eigenvalue weighted by molar-refractivity contribution is 5.24. The molecule has 0 bridgehead atoms. The fraction of sp³-hybridized carbons (Fsp3) is 0.357. The third-order valence-corrected chi connectivity index (χ3v) is 2.66. The van der Waals surface area contributed by atoms with Gasteiger partial charge in [-0.25, -0.2) is 0 Å². The van der Waals surface area contributed by atoms with Crippen LogP contribution in [-0.2, 0) is 12.8 Å². The van der Waals surface area contributed by atoms with E-state index in [-0.39, 0.29) is 5.92 Å². The Bertz CT molecular complexity index is 568. The first-order valence-electron chi connectivity index (χ1n) is 5.94. The summed E-state index contributed by atoms with van der Waals surface area (Å²) in [4.78, 5) is 4.29. The first kappa shape index (κ1) is 12.3. The van der Waals surface area contributed by atoms with Gasteiger partial charge in [0, 0.05) is 12.8 Å². The second-order valence-corrected chi connectivity index (χ2v) is 4.50. The number of hydrogen-bond acceptors (Lipinski definition) is 4. The van der Waals surface area contributed by atoms with Gasteiger partial charge in [0.25, 0.3) is 0 Å². The van der Waals surface area contributed by atoms with Gasteiger partial charge in [-0.2, -0.15) is 10.2 Å². The van der Waals surface area contributed by atoms with Crippen LogP contribution in [0.2, 0.25) is 0 Å². The van der Waals surface area contributed by atoms with Gasteiger partial charge in [0.05, 0.1) is 12.0 Å². The van der Waals surface area contributed by atoms with E-state index >= 15 is 0 Å². The van der Waals surface area contributed by atoms with E-state index in [2.05, 4.69) is 35.3 Å². The molecule has 18 heavy (non-hydrogen) atoms. The zero-order chi connectivity index (χ0) is 13.0. The number of aryl methyl sites for hydroxylation is 1. The molecule has 1 aromatic heterocycles. The fourth-order valence-electron chi connectivity index (χ4n) is 1.76. The Kier molecular flexibility index (Phi) is 3.73. The van der Waals surface area contributed by atoms with Crippen LogP contribution in [-0.4, -0.2) is 10.1 Å². The SMILES string of the molecule is Cc1cccc(Cc2noc(CC(C)C#N)n2)c1. The molecule has 0 aliphatic rings. The summed E-state index contributed by atoms with van der Waals surface area (Å²) in [5.41, 5.74) is 2.38. The molecule has 0 saturated carbocycles. The van der Waals surface area contributed by atoms with Crippen LogP contribution in [0.4, 0.5) is 0 Å². The second-order valence-electron chi connectivity index (χ2n) is 4.50. The van der Waals surface area contributed by atoms with Gasteiger partial charge in [0.2, 0.25) is 5.89 Å². The second kappa shape index (κ2) is 5.46. The van der Waals surface area contributed by atoms with E-state index < -0.39 is 0 Å². The molecule has 0 amide bonds. The van der Waals surface area contributed by atoms with Crippen LogP contribution in [0.3, 0.4) is 0 Å². The summed E-state index contributed by atoms with van der Waals surface area (Å²) in [5, 5.41) is 12.7. The lowest BCUT2D eigenvalue weighted by atomic mass is 10.1. The van der Waals surface area contributed by atoms with Gasteiger partial charge in [0.15, 0.2) is 5.82 Å². The molecule has 1 heterocycles. The summed E-state index contributed by atoms with van der Waals surface area (Å²) in [7, 11) is 0. The minimum atomic E-state index is -0.0998. The number of nitrogens with zero attached hydrogens (tertiary/aromatic N) is 3. The highest BCUT2D eigenvalue weighted by atomic mass is 16.5. The molecule has 4 nitrogen and oxygen atoms in total. The molecular weight excluding hydrogens is 226 g/mol. The Labute approximate surface area is 106 Å². The maximum Gasteiger partial charge on any atom is 0.227 e. The molecule has 0 aliphatic heterocycles. The fourth-order valence-corrected chi connectivity index (χ4v) is 1.76. The third kappa shape index (κ3) is 3.17. The Hall–Kier alpha value is -2.15. The van der Waals surface area contributed by atoms with Crippen molar-refractivity contribution in [3.05, 3.63) is 47.1 Å². The van der Waals surface area contributed by atoms with Crippen molar-refractivity contribution in [1.29, 1.82) is 5.26 Å². The molecule has 92 valence electrons. The highest BCUT2D eigenvalue weighted by Crippen LogP contribution is 2.11. The van der Waals surface area contributed by atoms with Gasteiger partial charge < -0.3 is 4.52 Å². The number of benzene rings is 1. The molecule has 0 saturated heterocycles. The van der Waals surface area contributed by atoms with E-state index in [1.807, 2.05) is 19.1 Å². The predicted molar refractivity (Wildman–Crippen MR) is 66.8 cm³/mol. The van der Waals surface area contributed by atoms with Gasteiger partial charge in [-0.3, -0.25) is 0 Å². The average Bonchev–Trinajstić information content (AvgIpc) is 2.76. The van der Waals surface area contributed by atoms with Crippen LogP contribution < -0.4 is 0 Å². The van der Waals surface area contributed by atoms with Gasteiger partial charge in [-0.05, 0) is 19.4 Å². The summed E-state index contributed by atoms with van der Waals surface area (Å²) in [6.07, 6.45) is 1.17. The molecule has 0 spiro atoms. The van der Waals surface area contributed by atoms with E-state index in [0.29, 0.717) is 24.6 Å². The minimum absolute atomic E-state index is 0.0998. The molecule has 1 aromatic carbocycles. The maximum atomic E-state index is 8.73. The van der Waals surface area contributed by atoms with Crippen LogP contribution in [0, 0.1) is 24.2 Å². The van der Waals surface area contributed by atoms with Crippen molar-refractivity contribution in [2.45, 2.75) is 26.7 Å². The zero-order valence-corrected chi connectivity index (χ0v) is 10.6. The number of nitriles is 1. The van der Waals surface area contributed by atoms with E-state index in [1.54, 1.807) is 0 Å². The summed E-state index contributed by atoms with van der Waals surface area (Å²) < 4.78 is 5.13. The van der Waals surface area contributed by atoms with Crippen molar-refractivity contribution < 1.29 is 4.52 Å². The monoisotopic (exact) mass is 241 g/mol. The summed E-state index contributed by atoms with van der Waals surface area (Å²) in [6.45, 7) is 3.89. The van der Waals surface area contributed by atoms with E-state index in [9.17, 15) is 0 Å². The smallest absolute Gasteiger partial charge is 0.227 e. The Balaban J connectivity index is 2.05. The predicted octanol–water partition coefficient (Wildman–Crippen LogP) is 2.67. The lowest BCUT2D eigenvalue weighted by molar-refractivity contribution is 0.365. The van der Waals surface area contributed by atoms with Crippen LogP contribution in [0.1, 0.15) is 29.8 Å². The quantitative estimate of drug-likeness (QED) is 0.825.